The fourth-order valence-corrected chi connectivity index (χ4v) is 5.67. The summed E-state index contributed by atoms with van der Waals surface area (Å²) in [6, 6.07) is 3.20. The fourth-order valence-electron chi connectivity index (χ4n) is 5.67. The molecule has 3 rings (SSSR count). The molecule has 0 saturated heterocycles. The summed E-state index contributed by atoms with van der Waals surface area (Å²) in [5.41, 5.74) is 2.49. The lowest BCUT2D eigenvalue weighted by Crippen LogP contribution is -2.47. The van der Waals surface area contributed by atoms with E-state index < -0.39 is 0 Å². The van der Waals surface area contributed by atoms with Crippen molar-refractivity contribution in [1.82, 2.24) is 0 Å². The average Bonchev–Trinajstić information content (AvgIpc) is 2.54. The lowest BCUT2D eigenvalue weighted by molar-refractivity contribution is -0.00535. The minimum atomic E-state index is -0.0956. The highest BCUT2D eigenvalue weighted by Gasteiger charge is 2.51. The van der Waals surface area contributed by atoms with Crippen LogP contribution in [0.15, 0.2) is 17.7 Å². The molecule has 1 aromatic carbocycles. The van der Waals surface area contributed by atoms with Gasteiger partial charge in [-0.25, -0.2) is 0 Å². The molecule has 0 spiro atoms. The first kappa shape index (κ1) is 18.2. The number of hydrogen-bond donors (Lipinski definition) is 2. The molecule has 2 aliphatic rings. The molecule has 3 nitrogen and oxygen atoms in total. The van der Waals surface area contributed by atoms with Gasteiger partial charge in [0.25, 0.3) is 0 Å². The third kappa shape index (κ3) is 2.92. The van der Waals surface area contributed by atoms with Gasteiger partial charge in [0.2, 0.25) is 0 Å². The van der Waals surface area contributed by atoms with Crippen LogP contribution in [0.4, 0.5) is 0 Å². The van der Waals surface area contributed by atoms with Gasteiger partial charge in [-0.1, -0.05) is 39.7 Å². The molecule has 0 unspecified atom stereocenters. The van der Waals surface area contributed by atoms with E-state index in [2.05, 4.69) is 33.8 Å². The smallest absolute Gasteiger partial charge is 0.168 e. The highest BCUT2D eigenvalue weighted by Crippen LogP contribution is 2.61. The lowest BCUT2D eigenvalue weighted by atomic mass is 9.48. The first-order chi connectivity index (χ1) is 11.7. The van der Waals surface area contributed by atoms with Crippen molar-refractivity contribution < 1.29 is 14.9 Å². The van der Waals surface area contributed by atoms with E-state index in [-0.39, 0.29) is 16.9 Å². The maximum absolute atomic E-state index is 10.4. The zero-order valence-corrected chi connectivity index (χ0v) is 16.2. The molecular formula is C22H32O3. The van der Waals surface area contributed by atoms with Crippen LogP contribution in [-0.2, 0) is 0 Å². The standard InChI is InChI=1S/C22H32O3/c1-14-7-10-19-21(2,3)11-6-12-22(19,4)16(14)13-15-18(25-5)9-8-17(23)20(15)24/h8-9,13-14,19,23-24H,6-7,10-12H2,1-5H3/t14-,19-,22+/m0/s1. The number of allylic oxidation sites excluding steroid dienone is 1. The normalized spacial score (nSPS) is 33.1. The van der Waals surface area contributed by atoms with Crippen molar-refractivity contribution in [3.05, 3.63) is 23.3 Å². The lowest BCUT2D eigenvalue weighted by Gasteiger charge is -2.56. The first-order valence-electron chi connectivity index (χ1n) is 9.51. The molecule has 0 radical (unpaired) electrons. The van der Waals surface area contributed by atoms with E-state index in [4.69, 9.17) is 4.74 Å². The van der Waals surface area contributed by atoms with Crippen molar-refractivity contribution in [3.8, 4) is 17.2 Å². The summed E-state index contributed by atoms with van der Waals surface area (Å²) in [6.45, 7) is 9.53. The van der Waals surface area contributed by atoms with E-state index >= 15 is 0 Å². The minimum absolute atomic E-state index is 0.0835. The average molecular weight is 344 g/mol. The van der Waals surface area contributed by atoms with E-state index in [1.165, 1.54) is 43.7 Å². The van der Waals surface area contributed by atoms with Crippen molar-refractivity contribution in [2.75, 3.05) is 7.11 Å². The second-order valence-electron chi connectivity index (χ2n) is 8.94. The monoisotopic (exact) mass is 344 g/mol. The number of ether oxygens (including phenoxy) is 1. The molecule has 25 heavy (non-hydrogen) atoms. The number of aromatic hydroxyl groups is 2. The molecule has 2 fully saturated rings. The van der Waals surface area contributed by atoms with E-state index in [1.54, 1.807) is 13.2 Å². The summed E-state index contributed by atoms with van der Waals surface area (Å²) >= 11 is 0. The van der Waals surface area contributed by atoms with E-state index in [0.29, 0.717) is 28.6 Å². The predicted molar refractivity (Wildman–Crippen MR) is 102 cm³/mol. The summed E-state index contributed by atoms with van der Waals surface area (Å²) in [6.07, 6.45) is 8.27. The van der Waals surface area contributed by atoms with Crippen LogP contribution in [0.1, 0.15) is 65.4 Å². The van der Waals surface area contributed by atoms with Crippen LogP contribution in [0.5, 0.6) is 17.2 Å². The van der Waals surface area contributed by atoms with Gasteiger partial charge in [-0.15, -0.1) is 0 Å². The Balaban J connectivity index is 2.14. The first-order valence-corrected chi connectivity index (χ1v) is 9.51. The fraction of sp³-hybridized carbons (Fsp3) is 0.636. The molecule has 0 amide bonds. The number of phenolic OH excluding ortho intramolecular Hbond substituents is 2. The van der Waals surface area contributed by atoms with Gasteiger partial charge in [-0.3, -0.25) is 0 Å². The summed E-state index contributed by atoms with van der Waals surface area (Å²) in [7, 11) is 1.60. The number of hydrogen-bond acceptors (Lipinski definition) is 3. The molecule has 2 aliphatic carbocycles. The Morgan fingerprint density at radius 3 is 2.52 bits per heavy atom. The number of methoxy groups -OCH3 is 1. The Hall–Kier alpha value is -1.64. The van der Waals surface area contributed by atoms with Gasteiger partial charge in [-0.2, -0.15) is 0 Å². The van der Waals surface area contributed by atoms with Gasteiger partial charge in [-0.05, 0) is 66.6 Å². The second kappa shape index (κ2) is 6.26. The van der Waals surface area contributed by atoms with Gasteiger partial charge >= 0.3 is 0 Å². The van der Waals surface area contributed by atoms with Crippen LogP contribution in [0.25, 0.3) is 6.08 Å². The number of phenols is 2. The van der Waals surface area contributed by atoms with Gasteiger partial charge in [0.1, 0.15) is 5.75 Å². The SMILES string of the molecule is COc1ccc(O)c(O)c1C=C1[C@@H](C)CC[C@H]2C(C)(C)CCC[C@]12C. The van der Waals surface area contributed by atoms with Crippen LogP contribution in [0.3, 0.4) is 0 Å². The summed E-state index contributed by atoms with van der Waals surface area (Å²) < 4.78 is 5.45. The molecule has 0 bridgehead atoms. The maximum atomic E-state index is 10.4. The molecule has 2 saturated carbocycles. The van der Waals surface area contributed by atoms with Gasteiger partial charge in [0, 0.05) is 0 Å². The highest BCUT2D eigenvalue weighted by molar-refractivity contribution is 5.70. The van der Waals surface area contributed by atoms with Gasteiger partial charge < -0.3 is 14.9 Å². The minimum Gasteiger partial charge on any atom is -0.504 e. The molecule has 0 heterocycles. The quantitative estimate of drug-likeness (QED) is 0.671. The molecule has 2 N–H and O–H groups in total. The van der Waals surface area contributed by atoms with E-state index in [1.807, 2.05) is 0 Å². The number of rotatable bonds is 2. The second-order valence-corrected chi connectivity index (χ2v) is 8.94. The molecule has 138 valence electrons. The predicted octanol–water partition coefficient (Wildman–Crippen LogP) is 5.75. The topological polar surface area (TPSA) is 49.7 Å². The maximum Gasteiger partial charge on any atom is 0.168 e. The van der Waals surface area contributed by atoms with Crippen molar-refractivity contribution in [1.29, 1.82) is 0 Å². The molecule has 3 atom stereocenters. The summed E-state index contributed by atoms with van der Waals surface area (Å²) in [5.74, 6) is 1.56. The van der Waals surface area contributed by atoms with E-state index in [0.717, 1.165) is 0 Å². The Kier molecular flexibility index (Phi) is 4.55. The Labute approximate surface area is 151 Å². The van der Waals surface area contributed by atoms with Crippen molar-refractivity contribution in [2.24, 2.45) is 22.7 Å². The number of benzene rings is 1. The van der Waals surface area contributed by atoms with Gasteiger partial charge in [0.15, 0.2) is 11.5 Å². The molecule has 0 aromatic heterocycles. The Morgan fingerprint density at radius 1 is 1.12 bits per heavy atom. The van der Waals surface area contributed by atoms with Crippen LogP contribution in [0.2, 0.25) is 0 Å². The van der Waals surface area contributed by atoms with Crippen LogP contribution in [0, 0.1) is 22.7 Å². The third-order valence-corrected chi connectivity index (χ3v) is 6.98. The Morgan fingerprint density at radius 2 is 1.84 bits per heavy atom. The molecular weight excluding hydrogens is 312 g/mol. The van der Waals surface area contributed by atoms with Crippen LogP contribution >= 0.6 is 0 Å². The summed E-state index contributed by atoms with van der Waals surface area (Å²) in [5, 5.41) is 20.4. The van der Waals surface area contributed by atoms with Crippen molar-refractivity contribution >= 4 is 6.08 Å². The molecule has 1 aromatic rings. The molecule has 3 heteroatoms. The van der Waals surface area contributed by atoms with Crippen molar-refractivity contribution in [2.45, 2.75) is 59.8 Å². The summed E-state index contributed by atoms with van der Waals surface area (Å²) in [4.78, 5) is 0. The van der Waals surface area contributed by atoms with Gasteiger partial charge in [0.05, 0.1) is 12.7 Å². The Bertz CT molecular complexity index is 689. The largest absolute Gasteiger partial charge is 0.504 e. The van der Waals surface area contributed by atoms with Crippen molar-refractivity contribution in [3.63, 3.8) is 0 Å². The van der Waals surface area contributed by atoms with Crippen LogP contribution < -0.4 is 4.74 Å². The number of fused-ring (bicyclic) bond motifs is 1. The zero-order valence-electron chi connectivity index (χ0n) is 16.2. The van der Waals surface area contributed by atoms with Crippen LogP contribution in [-0.4, -0.2) is 17.3 Å². The molecule has 0 aliphatic heterocycles. The third-order valence-electron chi connectivity index (χ3n) is 6.98. The zero-order chi connectivity index (χ0) is 18.4. The highest BCUT2D eigenvalue weighted by atomic mass is 16.5. The van der Waals surface area contributed by atoms with E-state index in [9.17, 15) is 10.2 Å².